The maximum atomic E-state index is 12.5. The zero-order chi connectivity index (χ0) is 16.4. The minimum Gasteiger partial charge on any atom is -0.480 e. The lowest BCUT2D eigenvalue weighted by Gasteiger charge is -2.28. The van der Waals surface area contributed by atoms with Gasteiger partial charge in [0.15, 0.2) is 0 Å². The number of hydrogen-bond acceptors (Lipinski definition) is 3. The highest BCUT2D eigenvalue weighted by Crippen LogP contribution is 2.34. The van der Waals surface area contributed by atoms with Gasteiger partial charge in [-0.15, -0.1) is 0 Å². The Kier molecular flexibility index (Phi) is 6.08. The molecule has 0 amide bonds. The summed E-state index contributed by atoms with van der Waals surface area (Å²) in [7, 11) is -4.18. The lowest BCUT2D eigenvalue weighted by molar-refractivity contribution is -0.144. The first-order valence-corrected chi connectivity index (χ1v) is 9.04. The van der Waals surface area contributed by atoms with Crippen molar-refractivity contribution in [1.29, 1.82) is 0 Å². The van der Waals surface area contributed by atoms with Crippen LogP contribution in [0.15, 0.2) is 21.5 Å². The average Bonchev–Trinajstić information content (AvgIpc) is 2.33. The van der Waals surface area contributed by atoms with Crippen molar-refractivity contribution in [3.8, 4) is 0 Å². The Hall–Kier alpha value is -0.340. The van der Waals surface area contributed by atoms with E-state index in [0.717, 1.165) is 0 Å². The SMILES string of the molecule is CCC(CC)(NS(=O)(=O)c1c(Cl)cc(Br)cc1Cl)C(=O)O. The maximum absolute atomic E-state index is 12.5. The average molecular weight is 419 g/mol. The highest BCUT2D eigenvalue weighted by molar-refractivity contribution is 9.10. The molecule has 0 spiro atoms. The molecule has 0 atom stereocenters. The smallest absolute Gasteiger partial charge is 0.324 e. The van der Waals surface area contributed by atoms with Gasteiger partial charge in [0.1, 0.15) is 10.4 Å². The standard InChI is InChI=1S/C12H14BrCl2NO4S/c1-3-12(4-2,11(17)18)16-21(19,20)10-8(14)5-7(13)6-9(10)15/h5-6,16H,3-4H2,1-2H3,(H,17,18). The van der Waals surface area contributed by atoms with E-state index in [1.807, 2.05) is 0 Å². The molecule has 0 aliphatic heterocycles. The maximum Gasteiger partial charge on any atom is 0.324 e. The second-order valence-electron chi connectivity index (χ2n) is 4.40. The molecule has 1 aromatic carbocycles. The van der Waals surface area contributed by atoms with Crippen molar-refractivity contribution < 1.29 is 18.3 Å². The molecule has 0 unspecified atom stereocenters. The zero-order valence-corrected chi connectivity index (χ0v) is 15.2. The lowest BCUT2D eigenvalue weighted by atomic mass is 9.95. The summed E-state index contributed by atoms with van der Waals surface area (Å²) in [6.45, 7) is 3.18. The summed E-state index contributed by atoms with van der Waals surface area (Å²) in [6.07, 6.45) is 0.174. The van der Waals surface area contributed by atoms with E-state index < -0.39 is 21.5 Å². The van der Waals surface area contributed by atoms with Gasteiger partial charge in [0.2, 0.25) is 10.0 Å². The second-order valence-corrected chi connectivity index (χ2v) is 7.75. The Morgan fingerprint density at radius 3 is 2.05 bits per heavy atom. The summed E-state index contributed by atoms with van der Waals surface area (Å²) in [6, 6.07) is 2.75. The molecule has 2 N–H and O–H groups in total. The molecule has 0 aliphatic rings. The predicted octanol–water partition coefficient (Wildman–Crippen LogP) is 3.68. The van der Waals surface area contributed by atoms with E-state index in [-0.39, 0.29) is 27.8 Å². The van der Waals surface area contributed by atoms with Crippen LogP contribution in [-0.4, -0.2) is 25.0 Å². The first-order valence-electron chi connectivity index (χ1n) is 6.01. The van der Waals surface area contributed by atoms with Gasteiger partial charge in [-0.25, -0.2) is 8.42 Å². The molecular formula is C12H14BrCl2NO4S. The fourth-order valence-corrected chi connectivity index (χ4v) is 5.28. The first kappa shape index (κ1) is 18.7. The van der Waals surface area contributed by atoms with Crippen molar-refractivity contribution in [2.24, 2.45) is 0 Å². The van der Waals surface area contributed by atoms with Crippen LogP contribution in [0, 0.1) is 0 Å². The van der Waals surface area contributed by atoms with Crippen molar-refractivity contribution in [1.82, 2.24) is 4.72 Å². The van der Waals surface area contributed by atoms with E-state index in [1.54, 1.807) is 13.8 Å². The van der Waals surface area contributed by atoms with Crippen molar-refractivity contribution in [3.63, 3.8) is 0 Å². The van der Waals surface area contributed by atoms with E-state index in [9.17, 15) is 18.3 Å². The van der Waals surface area contributed by atoms with Crippen LogP contribution in [0.25, 0.3) is 0 Å². The van der Waals surface area contributed by atoms with Crippen molar-refractivity contribution in [3.05, 3.63) is 26.7 Å². The molecule has 21 heavy (non-hydrogen) atoms. The van der Waals surface area contributed by atoms with Crippen molar-refractivity contribution in [2.75, 3.05) is 0 Å². The Balaban J connectivity index is 3.40. The van der Waals surface area contributed by atoms with Crippen LogP contribution in [-0.2, 0) is 14.8 Å². The van der Waals surface area contributed by atoms with Gasteiger partial charge in [0.25, 0.3) is 0 Å². The van der Waals surface area contributed by atoms with Gasteiger partial charge >= 0.3 is 5.97 Å². The minimum atomic E-state index is -4.18. The lowest BCUT2D eigenvalue weighted by Crippen LogP contribution is -2.53. The molecule has 0 aromatic heterocycles. The van der Waals surface area contributed by atoms with Crippen LogP contribution in [0.2, 0.25) is 10.0 Å². The van der Waals surface area contributed by atoms with Crippen LogP contribution in [0.4, 0.5) is 0 Å². The number of rotatable bonds is 6. The van der Waals surface area contributed by atoms with E-state index in [1.165, 1.54) is 12.1 Å². The van der Waals surface area contributed by atoms with Crippen LogP contribution in [0.5, 0.6) is 0 Å². The number of carboxylic acids is 1. The molecule has 9 heteroatoms. The molecule has 0 fully saturated rings. The molecule has 0 aliphatic carbocycles. The van der Waals surface area contributed by atoms with E-state index in [4.69, 9.17) is 23.2 Å². The normalized spacial score (nSPS) is 12.4. The summed E-state index contributed by atoms with van der Waals surface area (Å²) >= 11 is 15.0. The van der Waals surface area contributed by atoms with Crippen LogP contribution in [0.1, 0.15) is 26.7 Å². The molecular weight excluding hydrogens is 405 g/mol. The van der Waals surface area contributed by atoms with E-state index >= 15 is 0 Å². The second kappa shape index (κ2) is 6.83. The minimum absolute atomic E-state index is 0.0871. The highest BCUT2D eigenvalue weighted by Gasteiger charge is 2.40. The number of carbonyl (C=O) groups is 1. The number of halogens is 3. The molecule has 0 bridgehead atoms. The van der Waals surface area contributed by atoms with Gasteiger partial charge in [-0.1, -0.05) is 53.0 Å². The molecule has 0 saturated carbocycles. The number of aliphatic carboxylic acids is 1. The summed E-state index contributed by atoms with van der Waals surface area (Å²) in [5.74, 6) is -1.25. The van der Waals surface area contributed by atoms with Crippen LogP contribution < -0.4 is 4.72 Å². The summed E-state index contributed by atoms with van der Waals surface area (Å²) in [4.78, 5) is 11.1. The van der Waals surface area contributed by atoms with Gasteiger partial charge in [-0.2, -0.15) is 4.72 Å². The van der Waals surface area contributed by atoms with Crippen molar-refractivity contribution >= 4 is 55.1 Å². The van der Waals surface area contributed by atoms with Gasteiger partial charge < -0.3 is 5.11 Å². The molecule has 0 radical (unpaired) electrons. The van der Waals surface area contributed by atoms with Gasteiger partial charge in [0.05, 0.1) is 10.0 Å². The predicted molar refractivity (Wildman–Crippen MR) is 85.4 cm³/mol. The molecule has 0 saturated heterocycles. The monoisotopic (exact) mass is 417 g/mol. The number of benzene rings is 1. The third-order valence-electron chi connectivity index (χ3n) is 3.18. The Morgan fingerprint density at radius 1 is 1.29 bits per heavy atom. The van der Waals surface area contributed by atoms with E-state index in [2.05, 4.69) is 20.7 Å². The Labute approximate surface area is 141 Å². The number of sulfonamides is 1. The Morgan fingerprint density at radius 2 is 1.71 bits per heavy atom. The number of nitrogens with one attached hydrogen (secondary N) is 1. The van der Waals surface area contributed by atoms with Gasteiger partial charge in [0, 0.05) is 4.47 Å². The fourth-order valence-electron chi connectivity index (χ4n) is 1.83. The topological polar surface area (TPSA) is 83.5 Å². The summed E-state index contributed by atoms with van der Waals surface area (Å²) in [5, 5.41) is 9.14. The van der Waals surface area contributed by atoms with Crippen LogP contribution >= 0.6 is 39.1 Å². The first-order chi connectivity index (χ1) is 9.59. The summed E-state index contributed by atoms with van der Waals surface area (Å²) in [5.41, 5.74) is -1.60. The van der Waals surface area contributed by atoms with Crippen LogP contribution in [0.3, 0.4) is 0 Å². The molecule has 118 valence electrons. The summed E-state index contributed by atoms with van der Waals surface area (Å²) < 4.78 is 27.7. The van der Waals surface area contributed by atoms with Gasteiger partial charge in [-0.3, -0.25) is 4.79 Å². The third-order valence-corrected chi connectivity index (χ3v) is 6.09. The fraction of sp³-hybridized carbons (Fsp3) is 0.417. The zero-order valence-electron chi connectivity index (χ0n) is 11.3. The Bertz CT molecular complexity index is 636. The molecule has 1 aromatic rings. The molecule has 5 nitrogen and oxygen atoms in total. The highest BCUT2D eigenvalue weighted by atomic mass is 79.9. The number of carboxylic acid groups (broad SMARTS) is 1. The number of hydrogen-bond donors (Lipinski definition) is 2. The third kappa shape index (κ3) is 3.90. The van der Waals surface area contributed by atoms with E-state index in [0.29, 0.717) is 4.47 Å². The largest absolute Gasteiger partial charge is 0.480 e. The van der Waals surface area contributed by atoms with Crippen molar-refractivity contribution in [2.45, 2.75) is 37.1 Å². The van der Waals surface area contributed by atoms with Gasteiger partial charge in [-0.05, 0) is 25.0 Å². The quantitative estimate of drug-likeness (QED) is 0.737. The molecule has 1 rings (SSSR count). The molecule has 0 heterocycles.